The van der Waals surface area contributed by atoms with Crippen molar-refractivity contribution in [3.63, 3.8) is 0 Å². The summed E-state index contributed by atoms with van der Waals surface area (Å²) in [5.74, 6) is 0. The highest BCUT2D eigenvalue weighted by Gasteiger charge is 2.38. The normalized spacial score (nSPS) is 12.1. The number of alkyl halides is 3. The van der Waals surface area contributed by atoms with E-state index in [0.29, 0.717) is 19.4 Å². The molecule has 1 aromatic heterocycles. The first kappa shape index (κ1) is 13.9. The number of aliphatic hydroxyl groups excluding tert-OH is 1. The lowest BCUT2D eigenvalue weighted by molar-refractivity contribution is -0.145. The fourth-order valence-electron chi connectivity index (χ4n) is 1.43. The molecule has 0 radical (unpaired) electrons. The summed E-state index contributed by atoms with van der Waals surface area (Å²) in [5.41, 5.74) is -1.42. The molecular weight excluding hydrogens is 239 g/mol. The van der Waals surface area contributed by atoms with Crippen LogP contribution in [-0.2, 0) is 24.1 Å². The molecule has 17 heavy (non-hydrogen) atoms. The molecule has 0 aliphatic carbocycles. The third kappa shape index (κ3) is 3.67. The van der Waals surface area contributed by atoms with Crippen molar-refractivity contribution < 1.29 is 23.0 Å². The third-order valence-electron chi connectivity index (χ3n) is 2.19. The Labute approximate surface area is 96.2 Å². The van der Waals surface area contributed by atoms with Crippen molar-refractivity contribution in [3.05, 3.63) is 11.4 Å². The molecule has 0 bridgehead atoms. The van der Waals surface area contributed by atoms with Gasteiger partial charge in [-0.2, -0.15) is 13.2 Å². The van der Waals surface area contributed by atoms with Crippen molar-refractivity contribution in [3.8, 4) is 0 Å². The standard InChI is InChI=1S/C9H14F3N3O2/c1-17-5-3-2-4-15-8(9(10,11)12)7(6-16)13-14-15/h16H,2-6H2,1H3. The molecule has 98 valence electrons. The maximum atomic E-state index is 12.7. The summed E-state index contributed by atoms with van der Waals surface area (Å²) >= 11 is 0. The molecule has 8 heteroatoms. The summed E-state index contributed by atoms with van der Waals surface area (Å²) in [6.45, 7) is -0.180. The molecule has 0 spiro atoms. The minimum atomic E-state index is -4.55. The summed E-state index contributed by atoms with van der Waals surface area (Å²) in [7, 11) is 1.53. The van der Waals surface area contributed by atoms with Gasteiger partial charge in [-0.05, 0) is 12.8 Å². The van der Waals surface area contributed by atoms with Crippen LogP contribution in [0.25, 0.3) is 0 Å². The summed E-state index contributed by atoms with van der Waals surface area (Å²) in [5, 5.41) is 15.5. The molecule has 0 fully saturated rings. The second-order valence-electron chi connectivity index (χ2n) is 3.46. The second-order valence-corrected chi connectivity index (χ2v) is 3.46. The molecule has 5 nitrogen and oxygen atoms in total. The first-order valence-electron chi connectivity index (χ1n) is 5.10. The zero-order valence-corrected chi connectivity index (χ0v) is 9.37. The molecule has 1 N–H and O–H groups in total. The Balaban J connectivity index is 2.75. The number of aromatic nitrogens is 3. The van der Waals surface area contributed by atoms with Gasteiger partial charge in [0.2, 0.25) is 0 Å². The van der Waals surface area contributed by atoms with E-state index in [9.17, 15) is 13.2 Å². The Morgan fingerprint density at radius 3 is 2.59 bits per heavy atom. The van der Waals surface area contributed by atoms with Gasteiger partial charge in [0.05, 0.1) is 6.61 Å². The van der Waals surface area contributed by atoms with Crippen molar-refractivity contribution in [1.82, 2.24) is 15.0 Å². The van der Waals surface area contributed by atoms with Crippen LogP contribution < -0.4 is 0 Å². The highest BCUT2D eigenvalue weighted by Crippen LogP contribution is 2.31. The van der Waals surface area contributed by atoms with Gasteiger partial charge in [0.1, 0.15) is 5.69 Å². The summed E-state index contributed by atoms with van der Waals surface area (Å²) in [6.07, 6.45) is -3.41. The van der Waals surface area contributed by atoms with E-state index in [4.69, 9.17) is 9.84 Å². The minimum Gasteiger partial charge on any atom is -0.390 e. The van der Waals surface area contributed by atoms with E-state index >= 15 is 0 Å². The Morgan fingerprint density at radius 1 is 1.35 bits per heavy atom. The summed E-state index contributed by atoms with van der Waals surface area (Å²) in [4.78, 5) is 0. The number of hydrogen-bond donors (Lipinski definition) is 1. The number of methoxy groups -OCH3 is 1. The molecule has 1 heterocycles. The van der Waals surface area contributed by atoms with E-state index in [2.05, 4.69) is 10.3 Å². The number of aliphatic hydroxyl groups is 1. The van der Waals surface area contributed by atoms with Gasteiger partial charge in [-0.15, -0.1) is 5.10 Å². The smallest absolute Gasteiger partial charge is 0.390 e. The van der Waals surface area contributed by atoms with E-state index in [0.717, 1.165) is 4.68 Å². The number of ether oxygens (including phenoxy) is 1. The fraction of sp³-hybridized carbons (Fsp3) is 0.778. The lowest BCUT2D eigenvalue weighted by atomic mass is 10.3. The van der Waals surface area contributed by atoms with Gasteiger partial charge in [0.25, 0.3) is 0 Å². The molecule has 0 unspecified atom stereocenters. The monoisotopic (exact) mass is 253 g/mol. The highest BCUT2D eigenvalue weighted by molar-refractivity contribution is 5.12. The topological polar surface area (TPSA) is 60.2 Å². The Morgan fingerprint density at radius 2 is 2.06 bits per heavy atom. The van der Waals surface area contributed by atoms with Crippen molar-refractivity contribution in [2.75, 3.05) is 13.7 Å². The van der Waals surface area contributed by atoms with Crippen LogP contribution in [0.1, 0.15) is 24.2 Å². The first-order chi connectivity index (χ1) is 8.00. The molecule has 0 aliphatic rings. The Hall–Kier alpha value is -1.15. The van der Waals surface area contributed by atoms with E-state index in [1.165, 1.54) is 7.11 Å². The highest BCUT2D eigenvalue weighted by atomic mass is 19.4. The lowest BCUT2D eigenvalue weighted by Gasteiger charge is -2.10. The molecule has 0 aliphatic heterocycles. The van der Waals surface area contributed by atoms with Gasteiger partial charge in [-0.25, -0.2) is 4.68 Å². The number of rotatable bonds is 6. The second kappa shape index (κ2) is 5.97. The zero-order valence-electron chi connectivity index (χ0n) is 9.37. The Kier molecular flexibility index (Phi) is 4.88. The number of halogens is 3. The van der Waals surface area contributed by atoms with Crippen LogP contribution in [-0.4, -0.2) is 33.8 Å². The quantitative estimate of drug-likeness (QED) is 0.774. The van der Waals surface area contributed by atoms with E-state index < -0.39 is 24.2 Å². The lowest BCUT2D eigenvalue weighted by Crippen LogP contribution is -2.17. The Bertz CT molecular complexity index is 352. The van der Waals surface area contributed by atoms with Crippen LogP contribution in [0, 0.1) is 0 Å². The van der Waals surface area contributed by atoms with Crippen LogP contribution in [0.2, 0.25) is 0 Å². The van der Waals surface area contributed by atoms with Crippen molar-refractivity contribution >= 4 is 0 Å². The molecule has 0 saturated carbocycles. The van der Waals surface area contributed by atoms with Crippen LogP contribution in [0.3, 0.4) is 0 Å². The average Bonchev–Trinajstić information content (AvgIpc) is 2.67. The van der Waals surface area contributed by atoms with Crippen molar-refractivity contribution in [2.24, 2.45) is 0 Å². The van der Waals surface area contributed by atoms with E-state index in [1.54, 1.807) is 0 Å². The van der Waals surface area contributed by atoms with Crippen molar-refractivity contribution in [1.29, 1.82) is 0 Å². The van der Waals surface area contributed by atoms with E-state index in [1.807, 2.05) is 0 Å². The molecule has 0 amide bonds. The predicted molar refractivity (Wildman–Crippen MR) is 52.1 cm³/mol. The van der Waals surface area contributed by atoms with Gasteiger partial charge in [-0.3, -0.25) is 0 Å². The molecule has 0 saturated heterocycles. The SMILES string of the molecule is COCCCCn1nnc(CO)c1C(F)(F)F. The number of unbranched alkanes of at least 4 members (excludes halogenated alkanes) is 1. The first-order valence-corrected chi connectivity index (χ1v) is 5.10. The number of aryl methyl sites for hydroxylation is 1. The van der Waals surface area contributed by atoms with Gasteiger partial charge in [0.15, 0.2) is 5.69 Å². The van der Waals surface area contributed by atoms with Gasteiger partial charge in [-0.1, -0.05) is 5.21 Å². The van der Waals surface area contributed by atoms with Gasteiger partial charge in [0, 0.05) is 20.3 Å². The largest absolute Gasteiger partial charge is 0.435 e. The van der Waals surface area contributed by atoms with Crippen molar-refractivity contribution in [2.45, 2.75) is 32.2 Å². The molecule has 0 atom stereocenters. The summed E-state index contributed by atoms with van der Waals surface area (Å²) in [6, 6.07) is 0. The van der Waals surface area contributed by atoms with Crippen LogP contribution >= 0.6 is 0 Å². The van der Waals surface area contributed by atoms with Gasteiger partial charge >= 0.3 is 6.18 Å². The van der Waals surface area contributed by atoms with Crippen LogP contribution in [0.5, 0.6) is 0 Å². The minimum absolute atomic E-state index is 0.102. The maximum absolute atomic E-state index is 12.7. The average molecular weight is 253 g/mol. The molecule has 1 rings (SSSR count). The van der Waals surface area contributed by atoms with Crippen LogP contribution in [0.15, 0.2) is 0 Å². The summed E-state index contributed by atoms with van der Waals surface area (Å²) < 4.78 is 43.6. The number of hydrogen-bond acceptors (Lipinski definition) is 4. The molecule has 1 aromatic rings. The van der Waals surface area contributed by atoms with E-state index in [-0.39, 0.29) is 6.54 Å². The van der Waals surface area contributed by atoms with Gasteiger partial charge < -0.3 is 9.84 Å². The zero-order chi connectivity index (χ0) is 12.9. The maximum Gasteiger partial charge on any atom is 0.435 e. The van der Waals surface area contributed by atoms with Crippen LogP contribution in [0.4, 0.5) is 13.2 Å². The molecular formula is C9H14F3N3O2. The predicted octanol–water partition coefficient (Wildman–Crippen LogP) is 1.22. The third-order valence-corrected chi connectivity index (χ3v) is 2.19. The fourth-order valence-corrected chi connectivity index (χ4v) is 1.43. The molecule has 0 aromatic carbocycles. The number of nitrogens with zero attached hydrogens (tertiary/aromatic N) is 3.